The van der Waals surface area contributed by atoms with Crippen molar-refractivity contribution in [3.8, 4) is 0 Å². The van der Waals surface area contributed by atoms with Gasteiger partial charge in [0.15, 0.2) is 0 Å². The molecule has 0 saturated heterocycles. The Bertz CT molecular complexity index is 778. The zero-order chi connectivity index (χ0) is 14.8. The van der Waals surface area contributed by atoms with Gasteiger partial charge in [-0.2, -0.15) is 0 Å². The molecule has 0 N–H and O–H groups in total. The van der Waals surface area contributed by atoms with Crippen molar-refractivity contribution in [1.82, 2.24) is 9.55 Å². The molecule has 0 amide bonds. The van der Waals surface area contributed by atoms with Crippen LogP contribution in [0.4, 0.5) is 0 Å². The third-order valence-corrected chi connectivity index (χ3v) is 4.21. The molecular formula is C17H16Cl2N2. The van der Waals surface area contributed by atoms with Crippen LogP contribution < -0.4 is 0 Å². The van der Waals surface area contributed by atoms with E-state index in [1.165, 1.54) is 11.1 Å². The number of fused-ring (bicyclic) bond motifs is 1. The van der Waals surface area contributed by atoms with Gasteiger partial charge in [-0.25, -0.2) is 4.98 Å². The van der Waals surface area contributed by atoms with Gasteiger partial charge in [0.2, 0.25) is 0 Å². The average molecular weight is 319 g/mol. The van der Waals surface area contributed by atoms with E-state index in [9.17, 15) is 0 Å². The lowest BCUT2D eigenvalue weighted by Crippen LogP contribution is -2.07. The molecule has 0 aliphatic rings. The quantitative estimate of drug-likeness (QED) is 0.630. The van der Waals surface area contributed by atoms with Gasteiger partial charge in [0.1, 0.15) is 11.3 Å². The highest BCUT2D eigenvalue weighted by atomic mass is 35.5. The van der Waals surface area contributed by atoms with E-state index in [-0.39, 0.29) is 0 Å². The van der Waals surface area contributed by atoms with Gasteiger partial charge >= 0.3 is 0 Å². The van der Waals surface area contributed by atoms with Gasteiger partial charge in [0, 0.05) is 18.8 Å². The third-order valence-electron chi connectivity index (χ3n) is 3.72. The summed E-state index contributed by atoms with van der Waals surface area (Å²) < 4.78 is 2.21. The zero-order valence-electron chi connectivity index (χ0n) is 11.8. The van der Waals surface area contributed by atoms with Crippen LogP contribution in [0.15, 0.2) is 42.5 Å². The van der Waals surface area contributed by atoms with Crippen molar-refractivity contribution in [1.29, 1.82) is 0 Å². The fourth-order valence-electron chi connectivity index (χ4n) is 2.57. The number of rotatable bonds is 4. The van der Waals surface area contributed by atoms with Crippen LogP contribution in [0.5, 0.6) is 0 Å². The van der Waals surface area contributed by atoms with E-state index in [4.69, 9.17) is 23.2 Å². The minimum absolute atomic E-state index is 0.550. The van der Waals surface area contributed by atoms with E-state index in [0.717, 1.165) is 29.8 Å². The summed E-state index contributed by atoms with van der Waals surface area (Å²) in [5.74, 6) is 1.53. The monoisotopic (exact) mass is 318 g/mol. The highest BCUT2D eigenvalue weighted by Crippen LogP contribution is 2.25. The van der Waals surface area contributed by atoms with Crippen molar-refractivity contribution in [2.75, 3.05) is 5.88 Å². The second-order valence-electron chi connectivity index (χ2n) is 5.09. The first-order chi connectivity index (χ1) is 10.2. The molecule has 2 nitrogen and oxygen atoms in total. The van der Waals surface area contributed by atoms with Crippen molar-refractivity contribution in [3.05, 3.63) is 64.4 Å². The number of hydrogen-bond acceptors (Lipinski definition) is 1. The SMILES string of the molecule is Cc1ccccc1Cn1c(CCCl)nc2c(Cl)cccc21. The molecule has 21 heavy (non-hydrogen) atoms. The third kappa shape index (κ3) is 2.78. The molecule has 0 aliphatic heterocycles. The topological polar surface area (TPSA) is 17.8 Å². The van der Waals surface area contributed by atoms with Crippen LogP contribution >= 0.6 is 23.2 Å². The fraction of sp³-hybridized carbons (Fsp3) is 0.235. The number of imidazole rings is 1. The van der Waals surface area contributed by atoms with Gasteiger partial charge in [0.25, 0.3) is 0 Å². The summed E-state index contributed by atoms with van der Waals surface area (Å²) in [6, 6.07) is 14.3. The van der Waals surface area contributed by atoms with Crippen molar-refractivity contribution >= 4 is 34.2 Å². The summed E-state index contributed by atoms with van der Waals surface area (Å²) >= 11 is 12.2. The van der Waals surface area contributed by atoms with Crippen molar-refractivity contribution < 1.29 is 0 Å². The second kappa shape index (κ2) is 6.08. The Kier molecular flexibility index (Phi) is 4.18. The highest BCUT2D eigenvalue weighted by molar-refractivity contribution is 6.34. The van der Waals surface area contributed by atoms with Crippen LogP contribution in [0.3, 0.4) is 0 Å². The summed E-state index contributed by atoms with van der Waals surface area (Å²) in [6.45, 7) is 2.92. The largest absolute Gasteiger partial charge is 0.323 e. The number of aryl methyl sites for hydroxylation is 2. The zero-order valence-corrected chi connectivity index (χ0v) is 13.3. The molecule has 4 heteroatoms. The summed E-state index contributed by atoms with van der Waals surface area (Å²) in [7, 11) is 0. The Labute approximate surface area is 134 Å². The first-order valence-electron chi connectivity index (χ1n) is 6.95. The molecule has 0 unspecified atom stereocenters. The lowest BCUT2D eigenvalue weighted by molar-refractivity contribution is 0.751. The van der Waals surface area contributed by atoms with Gasteiger partial charge in [-0.1, -0.05) is 41.9 Å². The average Bonchev–Trinajstić information content (AvgIpc) is 2.82. The molecule has 1 aromatic heterocycles. The van der Waals surface area contributed by atoms with Gasteiger partial charge in [-0.05, 0) is 30.2 Å². The standard InChI is InChI=1S/C17H16Cl2N2/c1-12-5-2-3-6-13(12)11-21-15-8-4-7-14(19)17(15)20-16(21)9-10-18/h2-8H,9-11H2,1H3. The molecule has 0 bridgehead atoms. The van der Waals surface area contributed by atoms with Crippen LogP contribution in [0.25, 0.3) is 11.0 Å². The van der Waals surface area contributed by atoms with Crippen LogP contribution in [-0.2, 0) is 13.0 Å². The predicted octanol–water partition coefficient (Wildman–Crippen LogP) is 4.83. The lowest BCUT2D eigenvalue weighted by Gasteiger charge is -2.11. The molecule has 0 spiro atoms. The van der Waals surface area contributed by atoms with Crippen LogP contribution in [0.1, 0.15) is 17.0 Å². The molecule has 0 fully saturated rings. The molecule has 0 radical (unpaired) electrons. The van der Waals surface area contributed by atoms with Gasteiger partial charge in [0.05, 0.1) is 10.5 Å². The van der Waals surface area contributed by atoms with Gasteiger partial charge in [-0.15, -0.1) is 11.6 Å². The Morgan fingerprint density at radius 3 is 2.67 bits per heavy atom. The van der Waals surface area contributed by atoms with Crippen LogP contribution in [0.2, 0.25) is 5.02 Å². The normalized spacial score (nSPS) is 11.2. The maximum Gasteiger partial charge on any atom is 0.111 e. The number of alkyl halides is 1. The Morgan fingerprint density at radius 2 is 1.90 bits per heavy atom. The molecule has 108 valence electrons. The number of hydrogen-bond donors (Lipinski definition) is 0. The summed E-state index contributed by atoms with van der Waals surface area (Å²) in [5.41, 5.74) is 4.48. The maximum atomic E-state index is 6.27. The Morgan fingerprint density at radius 1 is 1.10 bits per heavy atom. The van der Waals surface area contributed by atoms with Crippen molar-refractivity contribution in [3.63, 3.8) is 0 Å². The molecule has 0 saturated carbocycles. The summed E-state index contributed by atoms with van der Waals surface area (Å²) in [6.07, 6.45) is 0.735. The highest BCUT2D eigenvalue weighted by Gasteiger charge is 2.13. The van der Waals surface area contributed by atoms with Crippen molar-refractivity contribution in [2.45, 2.75) is 19.9 Å². The molecular weight excluding hydrogens is 303 g/mol. The Balaban J connectivity index is 2.13. The Hall–Kier alpha value is -1.51. The molecule has 0 aliphatic carbocycles. The fourth-order valence-corrected chi connectivity index (χ4v) is 2.95. The lowest BCUT2D eigenvalue weighted by atomic mass is 10.1. The number of para-hydroxylation sites is 1. The minimum Gasteiger partial charge on any atom is -0.323 e. The number of benzene rings is 2. The van der Waals surface area contributed by atoms with Crippen LogP contribution in [0, 0.1) is 6.92 Å². The van der Waals surface area contributed by atoms with E-state index in [1.54, 1.807) is 0 Å². The smallest absolute Gasteiger partial charge is 0.111 e. The predicted molar refractivity (Wildman–Crippen MR) is 89.4 cm³/mol. The summed E-state index contributed by atoms with van der Waals surface area (Å²) in [5, 5.41) is 0.687. The number of aromatic nitrogens is 2. The first kappa shape index (κ1) is 14.4. The first-order valence-corrected chi connectivity index (χ1v) is 7.86. The van der Waals surface area contributed by atoms with E-state index < -0.39 is 0 Å². The molecule has 2 aromatic carbocycles. The maximum absolute atomic E-state index is 6.27. The number of halogens is 2. The van der Waals surface area contributed by atoms with E-state index in [1.807, 2.05) is 12.1 Å². The summed E-state index contributed by atoms with van der Waals surface area (Å²) in [4.78, 5) is 4.67. The second-order valence-corrected chi connectivity index (χ2v) is 5.87. The van der Waals surface area contributed by atoms with Gasteiger partial charge in [-0.3, -0.25) is 0 Å². The number of nitrogens with zero attached hydrogens (tertiary/aromatic N) is 2. The minimum atomic E-state index is 0.550. The molecule has 3 rings (SSSR count). The van der Waals surface area contributed by atoms with Gasteiger partial charge < -0.3 is 4.57 Å². The van der Waals surface area contributed by atoms with E-state index >= 15 is 0 Å². The van der Waals surface area contributed by atoms with Crippen molar-refractivity contribution in [2.24, 2.45) is 0 Å². The molecule has 0 atom stereocenters. The van der Waals surface area contributed by atoms with E-state index in [0.29, 0.717) is 10.9 Å². The molecule has 3 aromatic rings. The van der Waals surface area contributed by atoms with Crippen LogP contribution in [-0.4, -0.2) is 15.4 Å². The van der Waals surface area contributed by atoms with E-state index in [2.05, 4.69) is 46.8 Å². The molecule has 1 heterocycles.